The topological polar surface area (TPSA) is 41.1 Å². The number of nitrogens with zero attached hydrogens (tertiary/aromatic N) is 3. The van der Waals surface area contributed by atoms with Crippen LogP contribution >= 0.6 is 11.8 Å². The predicted octanol–water partition coefficient (Wildman–Crippen LogP) is 7.22. The molecule has 1 aliphatic heterocycles. The molecule has 2 unspecified atom stereocenters. The highest BCUT2D eigenvalue weighted by Gasteiger charge is 2.31. The summed E-state index contributed by atoms with van der Waals surface area (Å²) in [4.78, 5) is 11.8. The van der Waals surface area contributed by atoms with Crippen LogP contribution in [0.2, 0.25) is 0 Å². The van der Waals surface area contributed by atoms with Crippen molar-refractivity contribution in [3.63, 3.8) is 0 Å². The zero-order valence-electron chi connectivity index (χ0n) is 20.3. The van der Waals surface area contributed by atoms with E-state index in [0.29, 0.717) is 11.4 Å². The van der Waals surface area contributed by atoms with Crippen molar-refractivity contribution in [2.45, 2.75) is 84.7 Å². The van der Waals surface area contributed by atoms with Gasteiger partial charge in [-0.15, -0.1) is 11.8 Å². The third-order valence-corrected chi connectivity index (χ3v) is 8.38. The molecule has 0 bridgehead atoms. The van der Waals surface area contributed by atoms with Crippen molar-refractivity contribution in [3.8, 4) is 11.3 Å². The van der Waals surface area contributed by atoms with Crippen molar-refractivity contribution in [3.05, 3.63) is 53.2 Å². The molecule has 5 heteroatoms. The lowest BCUT2D eigenvalue weighted by Gasteiger charge is -2.35. The van der Waals surface area contributed by atoms with E-state index in [0.717, 1.165) is 29.7 Å². The zero-order chi connectivity index (χ0) is 22.7. The number of anilines is 1. The summed E-state index contributed by atoms with van der Waals surface area (Å²) >= 11 is 1.92. The molecular weight excluding hydrogens is 412 g/mol. The Hall–Kier alpha value is -2.01. The van der Waals surface area contributed by atoms with E-state index in [4.69, 9.17) is 4.98 Å². The molecule has 2 heterocycles. The highest BCUT2D eigenvalue weighted by atomic mass is 32.2. The normalized spacial score (nSPS) is 20.5. The van der Waals surface area contributed by atoms with E-state index in [1.54, 1.807) is 0 Å². The number of aryl methyl sites for hydroxylation is 1. The summed E-state index contributed by atoms with van der Waals surface area (Å²) in [5.41, 5.74) is 5.05. The fourth-order valence-electron chi connectivity index (χ4n) is 4.96. The van der Waals surface area contributed by atoms with Crippen LogP contribution in [0.1, 0.15) is 70.9 Å². The van der Waals surface area contributed by atoms with Gasteiger partial charge in [0.2, 0.25) is 5.95 Å². The average Bonchev–Trinajstić information content (AvgIpc) is 3.25. The van der Waals surface area contributed by atoms with E-state index in [9.17, 15) is 0 Å². The van der Waals surface area contributed by atoms with Gasteiger partial charge in [-0.2, -0.15) is 0 Å². The summed E-state index contributed by atoms with van der Waals surface area (Å²) in [7, 11) is 0. The Morgan fingerprint density at radius 2 is 1.94 bits per heavy atom. The molecular formula is C27H38N4S. The largest absolute Gasteiger partial charge is 0.360 e. The highest BCUT2D eigenvalue weighted by molar-refractivity contribution is 8.02. The zero-order valence-corrected chi connectivity index (χ0v) is 21.1. The Morgan fingerprint density at radius 3 is 2.66 bits per heavy atom. The third-order valence-electron chi connectivity index (χ3n) is 6.86. The molecule has 0 amide bonds. The summed E-state index contributed by atoms with van der Waals surface area (Å²) in [6, 6.07) is 9.17. The first-order valence-electron chi connectivity index (χ1n) is 12.1. The first-order chi connectivity index (χ1) is 15.3. The van der Waals surface area contributed by atoms with E-state index in [1.165, 1.54) is 43.2 Å². The molecule has 172 valence electrons. The van der Waals surface area contributed by atoms with Crippen LogP contribution in [0, 0.1) is 18.3 Å². The van der Waals surface area contributed by atoms with Gasteiger partial charge in [-0.3, -0.25) is 0 Å². The van der Waals surface area contributed by atoms with Crippen LogP contribution in [0.5, 0.6) is 0 Å². The first-order valence-corrected chi connectivity index (χ1v) is 13.0. The maximum Gasteiger partial charge on any atom is 0.223 e. The number of hydrogen-bond donors (Lipinski definition) is 1. The monoisotopic (exact) mass is 450 g/mol. The Labute approximate surface area is 198 Å². The number of nitrogens with one attached hydrogen (secondary N) is 1. The Bertz CT molecular complexity index is 943. The minimum Gasteiger partial charge on any atom is -0.360 e. The molecule has 32 heavy (non-hydrogen) atoms. The highest BCUT2D eigenvalue weighted by Crippen LogP contribution is 2.39. The van der Waals surface area contributed by atoms with Gasteiger partial charge in [-0.05, 0) is 66.7 Å². The van der Waals surface area contributed by atoms with E-state index in [1.807, 2.05) is 24.0 Å². The fourth-order valence-corrected chi connectivity index (χ4v) is 6.04. The van der Waals surface area contributed by atoms with Gasteiger partial charge in [0.15, 0.2) is 0 Å². The van der Waals surface area contributed by atoms with Crippen molar-refractivity contribution in [2.75, 3.05) is 5.32 Å². The van der Waals surface area contributed by atoms with Crippen LogP contribution in [0.25, 0.3) is 11.3 Å². The smallest absolute Gasteiger partial charge is 0.223 e. The Kier molecular flexibility index (Phi) is 7.14. The molecule has 1 fully saturated rings. The van der Waals surface area contributed by atoms with Gasteiger partial charge in [0, 0.05) is 30.5 Å². The molecule has 1 aromatic heterocycles. The Morgan fingerprint density at radius 1 is 1.16 bits per heavy atom. The lowest BCUT2D eigenvalue weighted by atomic mass is 9.85. The fraction of sp³-hybridized carbons (Fsp3) is 0.556. The summed E-state index contributed by atoms with van der Waals surface area (Å²) in [6.45, 7) is 12.4. The number of aromatic nitrogens is 2. The van der Waals surface area contributed by atoms with Gasteiger partial charge in [0.25, 0.3) is 0 Å². The van der Waals surface area contributed by atoms with Gasteiger partial charge < -0.3 is 10.2 Å². The van der Waals surface area contributed by atoms with Crippen LogP contribution < -0.4 is 5.32 Å². The van der Waals surface area contributed by atoms with Crippen molar-refractivity contribution in [2.24, 2.45) is 11.3 Å². The maximum absolute atomic E-state index is 4.85. The molecule has 0 radical (unpaired) electrons. The molecule has 1 saturated carbocycles. The van der Waals surface area contributed by atoms with Crippen molar-refractivity contribution >= 4 is 17.7 Å². The van der Waals surface area contributed by atoms with Crippen molar-refractivity contribution in [1.82, 2.24) is 14.9 Å². The van der Waals surface area contributed by atoms with Crippen molar-refractivity contribution < 1.29 is 0 Å². The van der Waals surface area contributed by atoms with E-state index in [2.05, 4.69) is 79.6 Å². The number of rotatable bonds is 6. The van der Waals surface area contributed by atoms with Gasteiger partial charge in [-0.25, -0.2) is 9.97 Å². The molecule has 1 aromatic carbocycles. The molecule has 1 aliphatic carbocycles. The summed E-state index contributed by atoms with van der Waals surface area (Å²) in [5, 5.41) is 6.28. The van der Waals surface area contributed by atoms with E-state index in [-0.39, 0.29) is 5.41 Å². The second-order valence-electron chi connectivity index (χ2n) is 10.5. The molecule has 2 aromatic rings. The summed E-state index contributed by atoms with van der Waals surface area (Å²) in [6.07, 6.45) is 10.8. The van der Waals surface area contributed by atoms with Crippen LogP contribution in [0.4, 0.5) is 5.95 Å². The quantitative estimate of drug-likeness (QED) is 0.503. The van der Waals surface area contributed by atoms with Gasteiger partial charge in [-0.1, -0.05) is 52.2 Å². The number of benzene rings is 1. The average molecular weight is 451 g/mol. The first kappa shape index (κ1) is 23.2. The lowest BCUT2D eigenvalue weighted by Crippen LogP contribution is -2.35. The molecule has 0 saturated heterocycles. The summed E-state index contributed by atoms with van der Waals surface area (Å²) in [5.74, 6) is 1.47. The maximum atomic E-state index is 4.85. The number of hydrogen-bond acceptors (Lipinski definition) is 5. The minimum absolute atomic E-state index is 0.237. The van der Waals surface area contributed by atoms with Crippen molar-refractivity contribution in [1.29, 1.82) is 0 Å². The Balaban J connectivity index is 1.46. The van der Waals surface area contributed by atoms with Crippen LogP contribution in [0.15, 0.2) is 42.1 Å². The number of thioether (sulfide) groups is 1. The SMILES string of the molecule is Cc1cc(-c2ccnc(NC(C)C3CCCCC3)n2)ccc1CN1C=CSC1C(C)(C)C. The minimum atomic E-state index is 0.237. The molecule has 0 spiro atoms. The third kappa shape index (κ3) is 5.48. The van der Waals surface area contributed by atoms with Gasteiger partial charge in [0.1, 0.15) is 0 Å². The molecule has 2 aliphatic rings. The molecule has 1 N–H and O–H groups in total. The van der Waals surface area contributed by atoms with E-state index < -0.39 is 0 Å². The van der Waals surface area contributed by atoms with E-state index >= 15 is 0 Å². The van der Waals surface area contributed by atoms with Gasteiger partial charge in [0.05, 0.1) is 11.1 Å². The van der Waals surface area contributed by atoms with Crippen LogP contribution in [-0.2, 0) is 6.54 Å². The standard InChI is InChI=1S/C27H38N4S/c1-19-17-22(11-12-23(19)18-31-15-16-32-25(31)27(3,4)5)24-13-14-28-26(30-24)29-20(2)21-9-7-6-8-10-21/h11-17,20-21,25H,6-10,18H2,1-5H3,(H,28,29,30). The second kappa shape index (κ2) is 9.86. The summed E-state index contributed by atoms with van der Waals surface area (Å²) < 4.78 is 0. The molecule has 4 rings (SSSR count). The second-order valence-corrected chi connectivity index (χ2v) is 11.5. The lowest BCUT2D eigenvalue weighted by molar-refractivity contribution is 0.220. The van der Waals surface area contributed by atoms with Gasteiger partial charge >= 0.3 is 0 Å². The van der Waals surface area contributed by atoms with Crippen LogP contribution in [-0.4, -0.2) is 26.3 Å². The molecule has 4 nitrogen and oxygen atoms in total. The predicted molar refractivity (Wildman–Crippen MR) is 137 cm³/mol. The molecule has 2 atom stereocenters. The van der Waals surface area contributed by atoms with Crippen LogP contribution in [0.3, 0.4) is 0 Å².